The van der Waals surface area contributed by atoms with Crippen LogP contribution in [-0.2, 0) is 9.59 Å². The van der Waals surface area contributed by atoms with Crippen LogP contribution in [-0.4, -0.2) is 72.8 Å². The third-order valence-electron chi connectivity index (χ3n) is 7.76. The lowest BCUT2D eigenvalue weighted by atomic mass is 9.82. The van der Waals surface area contributed by atoms with Crippen molar-refractivity contribution in [2.75, 3.05) is 44.7 Å². The van der Waals surface area contributed by atoms with Crippen LogP contribution in [0.25, 0.3) is 0 Å². The largest absolute Gasteiger partial charge is 0.497 e. The second-order valence-electron chi connectivity index (χ2n) is 9.95. The molecule has 7 heteroatoms. The molecular formula is C28H34N4O3. The average Bonchev–Trinajstić information content (AvgIpc) is 3.17. The number of carbonyl (C=O) groups is 2. The summed E-state index contributed by atoms with van der Waals surface area (Å²) >= 11 is 0. The highest BCUT2D eigenvalue weighted by Gasteiger charge is 2.49. The summed E-state index contributed by atoms with van der Waals surface area (Å²) in [6.45, 7) is 5.16. The van der Waals surface area contributed by atoms with Crippen LogP contribution in [0.15, 0.2) is 59.6 Å². The molecule has 2 heterocycles. The van der Waals surface area contributed by atoms with Crippen LogP contribution < -0.4 is 9.64 Å². The van der Waals surface area contributed by atoms with Gasteiger partial charge in [-0.2, -0.15) is 0 Å². The molecule has 1 aliphatic carbocycles. The summed E-state index contributed by atoms with van der Waals surface area (Å²) in [7, 11) is 1.66. The minimum Gasteiger partial charge on any atom is -0.497 e. The maximum Gasteiger partial charge on any atom is 0.275 e. The van der Waals surface area contributed by atoms with Crippen molar-refractivity contribution in [2.45, 2.75) is 38.3 Å². The molecule has 3 aliphatic rings. The van der Waals surface area contributed by atoms with Gasteiger partial charge in [0.15, 0.2) is 0 Å². The van der Waals surface area contributed by atoms with Crippen molar-refractivity contribution in [3.63, 3.8) is 0 Å². The molecule has 5 rings (SSSR count). The highest BCUT2D eigenvalue weighted by molar-refractivity contribution is 6.47. The molecule has 2 aromatic rings. The first kappa shape index (κ1) is 23.4. The van der Waals surface area contributed by atoms with Crippen molar-refractivity contribution in [3.8, 4) is 5.75 Å². The number of ether oxygens (including phenoxy) is 1. The molecule has 0 N–H and O–H groups in total. The quantitative estimate of drug-likeness (QED) is 0.665. The molecule has 7 nitrogen and oxygen atoms in total. The number of aliphatic imine (C=N–C) groups is 1. The van der Waals surface area contributed by atoms with E-state index in [1.54, 1.807) is 12.0 Å². The van der Waals surface area contributed by atoms with Gasteiger partial charge in [-0.15, -0.1) is 0 Å². The van der Waals surface area contributed by atoms with Crippen molar-refractivity contribution < 1.29 is 14.3 Å². The Morgan fingerprint density at radius 3 is 2.29 bits per heavy atom. The van der Waals surface area contributed by atoms with Gasteiger partial charge < -0.3 is 19.4 Å². The second-order valence-corrected chi connectivity index (χ2v) is 9.95. The molecule has 0 bridgehead atoms. The molecule has 0 radical (unpaired) electrons. The van der Waals surface area contributed by atoms with Crippen molar-refractivity contribution >= 4 is 23.2 Å². The van der Waals surface area contributed by atoms with Crippen LogP contribution in [0.1, 0.15) is 38.2 Å². The number of rotatable bonds is 5. The Morgan fingerprint density at radius 1 is 1.00 bits per heavy atom. The zero-order chi connectivity index (χ0) is 24.4. The predicted molar refractivity (Wildman–Crippen MR) is 137 cm³/mol. The van der Waals surface area contributed by atoms with Gasteiger partial charge in [-0.05, 0) is 55.9 Å². The van der Waals surface area contributed by atoms with E-state index in [0.717, 1.165) is 55.8 Å². The first-order valence-corrected chi connectivity index (χ1v) is 12.6. The monoisotopic (exact) mass is 474 g/mol. The zero-order valence-electron chi connectivity index (χ0n) is 20.7. The normalized spacial score (nSPS) is 24.6. The van der Waals surface area contributed by atoms with E-state index in [0.29, 0.717) is 24.7 Å². The molecule has 1 saturated carbocycles. The lowest BCUT2D eigenvalue weighted by molar-refractivity contribution is -0.141. The van der Waals surface area contributed by atoms with Crippen molar-refractivity contribution in [2.24, 2.45) is 10.9 Å². The van der Waals surface area contributed by atoms with E-state index in [-0.39, 0.29) is 18.4 Å². The van der Waals surface area contributed by atoms with Gasteiger partial charge in [0.05, 0.1) is 7.11 Å². The molecule has 2 amide bonds. The molecule has 0 atom stereocenters. The Bertz CT molecular complexity index is 1080. The third-order valence-corrected chi connectivity index (χ3v) is 7.76. The summed E-state index contributed by atoms with van der Waals surface area (Å²) in [5, 5.41) is 0. The van der Waals surface area contributed by atoms with Gasteiger partial charge in [-0.25, -0.2) is 0 Å². The molecule has 1 saturated heterocycles. The summed E-state index contributed by atoms with van der Waals surface area (Å²) in [5.74, 6) is 1.35. The summed E-state index contributed by atoms with van der Waals surface area (Å²) in [5.41, 5.74) is 1.87. The zero-order valence-corrected chi connectivity index (χ0v) is 20.7. The number of anilines is 1. The van der Waals surface area contributed by atoms with E-state index >= 15 is 0 Å². The molecule has 184 valence electrons. The topological polar surface area (TPSA) is 65.5 Å². The summed E-state index contributed by atoms with van der Waals surface area (Å²) in [6.07, 6.45) is 3.66. The number of carbonyl (C=O) groups excluding carboxylic acids is 2. The van der Waals surface area contributed by atoms with Crippen LogP contribution in [0.3, 0.4) is 0 Å². The average molecular weight is 475 g/mol. The van der Waals surface area contributed by atoms with Crippen molar-refractivity contribution in [1.29, 1.82) is 0 Å². The van der Waals surface area contributed by atoms with Gasteiger partial charge in [0.2, 0.25) is 5.91 Å². The van der Waals surface area contributed by atoms with Gasteiger partial charge in [0.1, 0.15) is 23.7 Å². The number of hydrogen-bond acceptors (Lipinski definition) is 5. The highest BCUT2D eigenvalue weighted by atomic mass is 16.5. The Hall–Kier alpha value is -3.35. The maximum atomic E-state index is 13.6. The van der Waals surface area contributed by atoms with Crippen LogP contribution in [0.5, 0.6) is 5.75 Å². The van der Waals surface area contributed by atoms with Gasteiger partial charge in [-0.3, -0.25) is 14.6 Å². The number of benzene rings is 2. The smallest absolute Gasteiger partial charge is 0.275 e. The molecule has 35 heavy (non-hydrogen) atoms. The summed E-state index contributed by atoms with van der Waals surface area (Å²) < 4.78 is 5.25. The summed E-state index contributed by atoms with van der Waals surface area (Å²) in [6, 6.07) is 17.7. The SMILES string of the molecule is COc1ccc(N2CCN(C(=O)CN3C(=O)C(c4ccccc4)=NC34CCC(C)CC4)CC2)cc1. The number of piperazine rings is 1. The first-order chi connectivity index (χ1) is 17.0. The molecule has 1 spiro atoms. The fourth-order valence-electron chi connectivity index (χ4n) is 5.48. The molecule has 0 aromatic heterocycles. The number of hydrogen-bond donors (Lipinski definition) is 0. The van der Waals surface area contributed by atoms with Gasteiger partial charge in [0, 0.05) is 37.4 Å². The fraction of sp³-hybridized carbons (Fsp3) is 0.464. The lowest BCUT2D eigenvalue weighted by Gasteiger charge is -2.42. The fourth-order valence-corrected chi connectivity index (χ4v) is 5.48. The highest BCUT2D eigenvalue weighted by Crippen LogP contribution is 2.41. The molecule has 2 aliphatic heterocycles. The van der Waals surface area contributed by atoms with Gasteiger partial charge in [0.25, 0.3) is 5.91 Å². The number of amides is 2. The van der Waals surface area contributed by atoms with E-state index in [4.69, 9.17) is 9.73 Å². The van der Waals surface area contributed by atoms with Crippen LogP contribution in [0, 0.1) is 5.92 Å². The van der Waals surface area contributed by atoms with E-state index in [1.807, 2.05) is 47.4 Å². The first-order valence-electron chi connectivity index (χ1n) is 12.6. The van der Waals surface area contributed by atoms with Crippen LogP contribution in [0.4, 0.5) is 5.69 Å². The van der Waals surface area contributed by atoms with E-state index in [2.05, 4.69) is 24.0 Å². The Morgan fingerprint density at radius 2 is 1.66 bits per heavy atom. The Labute approximate surface area is 207 Å². The minimum absolute atomic E-state index is 0.00948. The molecule has 2 fully saturated rings. The standard InChI is InChI=1S/C28H34N4O3/c1-21-12-14-28(15-13-21)29-26(22-6-4-3-5-7-22)27(34)32(28)20-25(33)31-18-16-30(17-19-31)23-8-10-24(35-2)11-9-23/h3-11,21H,12-20H2,1-2H3. The van der Waals surface area contributed by atoms with Crippen molar-refractivity contribution in [1.82, 2.24) is 9.80 Å². The van der Waals surface area contributed by atoms with E-state index in [9.17, 15) is 9.59 Å². The molecule has 0 unspecified atom stereocenters. The van der Waals surface area contributed by atoms with Gasteiger partial charge in [-0.1, -0.05) is 37.3 Å². The second kappa shape index (κ2) is 9.72. The van der Waals surface area contributed by atoms with Crippen molar-refractivity contribution in [3.05, 3.63) is 60.2 Å². The number of methoxy groups -OCH3 is 1. The third kappa shape index (κ3) is 4.64. The van der Waals surface area contributed by atoms with E-state index in [1.165, 1.54) is 0 Å². The predicted octanol–water partition coefficient (Wildman–Crippen LogP) is 3.58. The number of nitrogens with zero attached hydrogens (tertiary/aromatic N) is 4. The lowest BCUT2D eigenvalue weighted by Crippen LogP contribution is -2.56. The molecule has 2 aromatic carbocycles. The summed E-state index contributed by atoms with van der Waals surface area (Å²) in [4.78, 5) is 37.9. The Kier molecular flexibility index (Phi) is 6.50. The minimum atomic E-state index is -0.588. The Balaban J connectivity index is 1.27. The van der Waals surface area contributed by atoms with Crippen LogP contribution in [0.2, 0.25) is 0 Å². The van der Waals surface area contributed by atoms with E-state index < -0.39 is 5.66 Å². The maximum absolute atomic E-state index is 13.6. The van der Waals surface area contributed by atoms with Crippen LogP contribution >= 0.6 is 0 Å². The van der Waals surface area contributed by atoms with Gasteiger partial charge >= 0.3 is 0 Å². The molecular weight excluding hydrogens is 440 g/mol.